The SMILES string of the molecule is CN(C)c1nc(N)nc(CNC(=O)[C@]2(c3ccc(F)cc3)CC2(C)C)n1. The lowest BCUT2D eigenvalue weighted by Gasteiger charge is -2.21. The minimum Gasteiger partial charge on any atom is -0.368 e. The van der Waals surface area contributed by atoms with Crippen LogP contribution in [-0.4, -0.2) is 35.0 Å². The van der Waals surface area contributed by atoms with E-state index in [9.17, 15) is 9.18 Å². The Morgan fingerprint density at radius 1 is 1.23 bits per heavy atom. The fourth-order valence-electron chi connectivity index (χ4n) is 3.38. The highest BCUT2D eigenvalue weighted by Crippen LogP contribution is 2.64. The van der Waals surface area contributed by atoms with Gasteiger partial charge in [-0.1, -0.05) is 26.0 Å². The molecule has 0 aliphatic heterocycles. The van der Waals surface area contributed by atoms with Crippen molar-refractivity contribution in [1.29, 1.82) is 0 Å². The van der Waals surface area contributed by atoms with Gasteiger partial charge in [0.05, 0.1) is 12.0 Å². The summed E-state index contributed by atoms with van der Waals surface area (Å²) in [7, 11) is 3.60. The van der Waals surface area contributed by atoms with Gasteiger partial charge >= 0.3 is 0 Å². The summed E-state index contributed by atoms with van der Waals surface area (Å²) in [6.45, 7) is 4.20. The lowest BCUT2D eigenvalue weighted by atomic mass is 9.87. The van der Waals surface area contributed by atoms with Crippen LogP contribution in [0.25, 0.3) is 0 Å². The number of rotatable bonds is 5. The molecule has 1 heterocycles. The second-order valence-electron chi connectivity index (χ2n) is 7.46. The van der Waals surface area contributed by atoms with E-state index in [-0.39, 0.29) is 29.6 Å². The summed E-state index contributed by atoms with van der Waals surface area (Å²) < 4.78 is 13.3. The largest absolute Gasteiger partial charge is 0.368 e. The van der Waals surface area contributed by atoms with Gasteiger partial charge in [-0.2, -0.15) is 15.0 Å². The normalized spacial score (nSPS) is 20.5. The third-order valence-electron chi connectivity index (χ3n) is 4.96. The first-order valence-electron chi connectivity index (χ1n) is 8.38. The van der Waals surface area contributed by atoms with E-state index in [0.717, 1.165) is 5.56 Å². The predicted molar refractivity (Wildman–Crippen MR) is 96.9 cm³/mol. The van der Waals surface area contributed by atoms with E-state index in [4.69, 9.17) is 5.73 Å². The molecular weight excluding hydrogens is 335 g/mol. The van der Waals surface area contributed by atoms with E-state index in [1.807, 2.05) is 13.8 Å². The van der Waals surface area contributed by atoms with Gasteiger partial charge in [-0.05, 0) is 29.5 Å². The number of aromatic nitrogens is 3. The Morgan fingerprint density at radius 2 is 1.85 bits per heavy atom. The molecule has 1 fully saturated rings. The molecule has 1 saturated carbocycles. The molecular formula is C18H23FN6O. The number of nitrogen functional groups attached to an aromatic ring is 1. The number of benzene rings is 1. The third-order valence-corrected chi connectivity index (χ3v) is 4.96. The van der Waals surface area contributed by atoms with Crippen molar-refractivity contribution >= 4 is 17.8 Å². The second-order valence-corrected chi connectivity index (χ2v) is 7.46. The van der Waals surface area contributed by atoms with E-state index in [0.29, 0.717) is 18.2 Å². The summed E-state index contributed by atoms with van der Waals surface area (Å²) in [5.74, 6) is 0.482. The van der Waals surface area contributed by atoms with Gasteiger partial charge in [0.25, 0.3) is 0 Å². The van der Waals surface area contributed by atoms with Crippen molar-refractivity contribution in [3.63, 3.8) is 0 Å². The number of carbonyl (C=O) groups is 1. The molecule has 1 aromatic heterocycles. The standard InChI is InChI=1S/C18H23FN6O/c1-17(2)10-18(17,11-5-7-12(19)8-6-11)14(26)21-9-13-22-15(20)24-16(23-13)25(3)4/h5-8H,9-10H2,1-4H3,(H,21,26)(H2,20,22,23,24)/t18-/m1/s1. The predicted octanol–water partition coefficient (Wildman–Crippen LogP) is 1.64. The summed E-state index contributed by atoms with van der Waals surface area (Å²) in [6.07, 6.45) is 0.694. The summed E-state index contributed by atoms with van der Waals surface area (Å²) in [6, 6.07) is 6.12. The first kappa shape index (κ1) is 18.0. The summed E-state index contributed by atoms with van der Waals surface area (Å²) in [4.78, 5) is 27.1. The average Bonchev–Trinajstić information content (AvgIpc) is 3.16. The number of nitrogens with zero attached hydrogens (tertiary/aromatic N) is 4. The smallest absolute Gasteiger partial charge is 0.231 e. The minimum atomic E-state index is -0.677. The zero-order valence-corrected chi connectivity index (χ0v) is 15.4. The first-order chi connectivity index (χ1) is 12.2. The highest BCUT2D eigenvalue weighted by molar-refractivity contribution is 5.93. The molecule has 3 rings (SSSR count). The number of nitrogens with two attached hydrogens (primary N) is 1. The van der Waals surface area contributed by atoms with Crippen LogP contribution in [0.4, 0.5) is 16.3 Å². The number of anilines is 2. The molecule has 1 atom stereocenters. The maximum Gasteiger partial charge on any atom is 0.231 e. The van der Waals surface area contributed by atoms with Crippen LogP contribution in [0, 0.1) is 11.2 Å². The molecule has 1 amide bonds. The molecule has 0 bridgehead atoms. The molecule has 26 heavy (non-hydrogen) atoms. The van der Waals surface area contributed by atoms with Crippen LogP contribution in [0.1, 0.15) is 31.7 Å². The third kappa shape index (κ3) is 3.07. The average molecular weight is 358 g/mol. The van der Waals surface area contributed by atoms with Crippen molar-refractivity contribution in [3.8, 4) is 0 Å². The van der Waals surface area contributed by atoms with Crippen molar-refractivity contribution in [2.45, 2.75) is 32.2 Å². The molecule has 1 aliphatic carbocycles. The lowest BCUT2D eigenvalue weighted by Crippen LogP contribution is -2.38. The van der Waals surface area contributed by atoms with Crippen LogP contribution < -0.4 is 16.0 Å². The highest BCUT2D eigenvalue weighted by Gasteiger charge is 2.66. The van der Waals surface area contributed by atoms with E-state index >= 15 is 0 Å². The Bertz CT molecular complexity index is 836. The van der Waals surface area contributed by atoms with Crippen LogP contribution in [-0.2, 0) is 16.8 Å². The van der Waals surface area contributed by atoms with Crippen molar-refractivity contribution in [1.82, 2.24) is 20.3 Å². The topological polar surface area (TPSA) is 97.0 Å². The van der Waals surface area contributed by atoms with Crippen molar-refractivity contribution in [3.05, 3.63) is 41.5 Å². The molecule has 8 heteroatoms. The van der Waals surface area contributed by atoms with Gasteiger partial charge in [0.1, 0.15) is 5.82 Å². The van der Waals surface area contributed by atoms with Gasteiger partial charge in [-0.3, -0.25) is 4.79 Å². The molecule has 2 aromatic rings. The Balaban J connectivity index is 1.80. The quantitative estimate of drug-likeness (QED) is 0.843. The maximum absolute atomic E-state index is 13.3. The van der Waals surface area contributed by atoms with Gasteiger partial charge in [0.2, 0.25) is 17.8 Å². The molecule has 7 nitrogen and oxygen atoms in total. The van der Waals surface area contributed by atoms with Crippen LogP contribution in [0.15, 0.2) is 24.3 Å². The van der Waals surface area contributed by atoms with Gasteiger partial charge in [-0.15, -0.1) is 0 Å². The zero-order chi connectivity index (χ0) is 19.1. The fraction of sp³-hybridized carbons (Fsp3) is 0.444. The maximum atomic E-state index is 13.3. The number of halogens is 1. The van der Waals surface area contributed by atoms with Crippen molar-refractivity contribution in [2.75, 3.05) is 24.7 Å². The van der Waals surface area contributed by atoms with Crippen molar-refractivity contribution in [2.24, 2.45) is 5.41 Å². The Kier molecular flexibility index (Phi) is 4.29. The van der Waals surface area contributed by atoms with Crippen LogP contribution in [0.5, 0.6) is 0 Å². The second kappa shape index (κ2) is 6.19. The lowest BCUT2D eigenvalue weighted by molar-refractivity contribution is -0.124. The molecule has 0 spiro atoms. The van der Waals surface area contributed by atoms with Gasteiger partial charge in [0.15, 0.2) is 5.82 Å². The zero-order valence-electron chi connectivity index (χ0n) is 15.4. The summed E-state index contributed by atoms with van der Waals surface area (Å²) in [5.41, 5.74) is 5.64. The molecule has 3 N–H and O–H groups in total. The number of hydrogen-bond acceptors (Lipinski definition) is 6. The van der Waals surface area contributed by atoms with Gasteiger partial charge in [-0.25, -0.2) is 4.39 Å². The van der Waals surface area contributed by atoms with E-state index in [1.165, 1.54) is 12.1 Å². The Morgan fingerprint density at radius 3 is 2.38 bits per heavy atom. The van der Waals surface area contributed by atoms with Crippen molar-refractivity contribution < 1.29 is 9.18 Å². The fourth-order valence-corrected chi connectivity index (χ4v) is 3.38. The molecule has 0 saturated heterocycles. The monoisotopic (exact) mass is 358 g/mol. The highest BCUT2D eigenvalue weighted by atomic mass is 19.1. The number of carbonyl (C=O) groups excluding carboxylic acids is 1. The van der Waals surface area contributed by atoms with Crippen LogP contribution in [0.3, 0.4) is 0 Å². The van der Waals surface area contributed by atoms with Gasteiger partial charge < -0.3 is 16.0 Å². The Labute approximate surface area is 151 Å². The first-order valence-corrected chi connectivity index (χ1v) is 8.38. The molecule has 1 aliphatic rings. The van der Waals surface area contributed by atoms with E-state index < -0.39 is 5.41 Å². The number of nitrogens with one attached hydrogen (secondary N) is 1. The van der Waals surface area contributed by atoms with Crippen LogP contribution >= 0.6 is 0 Å². The molecule has 0 radical (unpaired) electrons. The van der Waals surface area contributed by atoms with E-state index in [1.54, 1.807) is 31.1 Å². The molecule has 1 aromatic carbocycles. The van der Waals surface area contributed by atoms with E-state index in [2.05, 4.69) is 20.3 Å². The number of hydrogen-bond donors (Lipinski definition) is 2. The number of amides is 1. The summed E-state index contributed by atoms with van der Waals surface area (Å²) in [5, 5.41) is 2.90. The Hall–Kier alpha value is -2.77. The van der Waals surface area contributed by atoms with Gasteiger partial charge in [0, 0.05) is 14.1 Å². The molecule has 0 unspecified atom stereocenters. The molecule has 138 valence electrons. The summed E-state index contributed by atoms with van der Waals surface area (Å²) >= 11 is 0. The minimum absolute atomic E-state index is 0.105. The van der Waals surface area contributed by atoms with Crippen LogP contribution in [0.2, 0.25) is 0 Å².